The molecule has 0 aliphatic carbocycles. The highest BCUT2D eigenvalue weighted by atomic mass is 35.5. The Labute approximate surface area is 92.4 Å². The van der Waals surface area contributed by atoms with Gasteiger partial charge in [0, 0.05) is 0 Å². The SMILES string of the molecule is COC(=O)c1cc2ccccc2cc1Cl. The fraction of sp³-hybridized carbons (Fsp3) is 0.0833. The molecule has 0 saturated carbocycles. The third-order valence-electron chi connectivity index (χ3n) is 2.24. The van der Waals surface area contributed by atoms with Crippen LogP contribution < -0.4 is 0 Å². The van der Waals surface area contributed by atoms with Gasteiger partial charge in [0.1, 0.15) is 0 Å². The summed E-state index contributed by atoms with van der Waals surface area (Å²) in [4.78, 5) is 11.4. The summed E-state index contributed by atoms with van der Waals surface area (Å²) >= 11 is 5.98. The Morgan fingerprint density at radius 2 is 1.80 bits per heavy atom. The molecule has 0 amide bonds. The number of fused-ring (bicyclic) bond motifs is 1. The molecule has 2 rings (SSSR count). The number of rotatable bonds is 1. The third-order valence-corrected chi connectivity index (χ3v) is 2.55. The van der Waals surface area contributed by atoms with E-state index in [0.717, 1.165) is 10.8 Å². The Morgan fingerprint density at radius 1 is 1.20 bits per heavy atom. The van der Waals surface area contributed by atoms with Crippen molar-refractivity contribution in [1.82, 2.24) is 0 Å². The predicted molar refractivity (Wildman–Crippen MR) is 60.3 cm³/mol. The van der Waals surface area contributed by atoms with Gasteiger partial charge >= 0.3 is 5.97 Å². The topological polar surface area (TPSA) is 26.3 Å². The van der Waals surface area contributed by atoms with Gasteiger partial charge < -0.3 is 4.74 Å². The number of carbonyl (C=O) groups is 1. The Bertz CT molecular complexity index is 520. The van der Waals surface area contributed by atoms with Gasteiger partial charge in [-0.1, -0.05) is 35.9 Å². The van der Waals surface area contributed by atoms with E-state index in [1.807, 2.05) is 24.3 Å². The van der Waals surface area contributed by atoms with Crippen LogP contribution >= 0.6 is 11.6 Å². The number of halogens is 1. The standard InChI is InChI=1S/C12H9ClO2/c1-15-12(14)10-6-8-4-2-3-5-9(8)7-11(10)13/h2-7H,1H3. The van der Waals surface area contributed by atoms with Crippen molar-refractivity contribution in [2.75, 3.05) is 7.11 Å². The van der Waals surface area contributed by atoms with Crippen molar-refractivity contribution < 1.29 is 9.53 Å². The highest BCUT2D eigenvalue weighted by molar-refractivity contribution is 6.34. The zero-order valence-corrected chi connectivity index (χ0v) is 8.91. The Hall–Kier alpha value is -1.54. The maximum absolute atomic E-state index is 11.4. The van der Waals surface area contributed by atoms with Crippen LogP contribution in [0.25, 0.3) is 10.8 Å². The van der Waals surface area contributed by atoms with E-state index >= 15 is 0 Å². The molecule has 0 saturated heterocycles. The monoisotopic (exact) mass is 220 g/mol. The zero-order chi connectivity index (χ0) is 10.8. The van der Waals surface area contributed by atoms with E-state index in [-0.39, 0.29) is 0 Å². The first-order chi connectivity index (χ1) is 7.22. The van der Waals surface area contributed by atoms with E-state index in [1.165, 1.54) is 7.11 Å². The lowest BCUT2D eigenvalue weighted by molar-refractivity contribution is 0.0601. The second-order valence-electron chi connectivity index (χ2n) is 3.17. The van der Waals surface area contributed by atoms with Gasteiger partial charge in [-0.2, -0.15) is 0 Å². The minimum absolute atomic E-state index is 0.401. The molecule has 0 fully saturated rings. The molecule has 0 bridgehead atoms. The molecule has 0 spiro atoms. The van der Waals surface area contributed by atoms with Crippen LogP contribution in [0.5, 0.6) is 0 Å². The molecule has 0 aliphatic rings. The molecule has 3 heteroatoms. The lowest BCUT2D eigenvalue weighted by Crippen LogP contribution is -2.01. The highest BCUT2D eigenvalue weighted by Gasteiger charge is 2.11. The average molecular weight is 221 g/mol. The fourth-order valence-corrected chi connectivity index (χ4v) is 1.73. The molecule has 0 unspecified atom stereocenters. The number of esters is 1. The van der Waals surface area contributed by atoms with Gasteiger partial charge in [0.25, 0.3) is 0 Å². The summed E-state index contributed by atoms with van der Waals surface area (Å²) in [7, 11) is 1.34. The Kier molecular flexibility index (Phi) is 2.60. The summed E-state index contributed by atoms with van der Waals surface area (Å²) in [5.41, 5.74) is 0.401. The lowest BCUT2D eigenvalue weighted by atomic mass is 10.1. The molecule has 0 atom stereocenters. The largest absolute Gasteiger partial charge is 0.465 e. The molecule has 2 aromatic rings. The van der Waals surface area contributed by atoms with Gasteiger partial charge in [-0.15, -0.1) is 0 Å². The third kappa shape index (κ3) is 1.81. The van der Waals surface area contributed by atoms with Gasteiger partial charge in [-0.25, -0.2) is 4.79 Å². The second-order valence-corrected chi connectivity index (χ2v) is 3.58. The molecule has 0 aromatic heterocycles. The normalized spacial score (nSPS) is 10.3. The molecule has 15 heavy (non-hydrogen) atoms. The molecule has 0 aliphatic heterocycles. The first kappa shape index (κ1) is 9.99. The minimum Gasteiger partial charge on any atom is -0.465 e. The molecule has 0 N–H and O–H groups in total. The maximum atomic E-state index is 11.4. The molecule has 0 radical (unpaired) electrons. The molecule has 2 nitrogen and oxygen atoms in total. The molecule has 76 valence electrons. The van der Waals surface area contributed by atoms with Crippen LogP contribution in [0.4, 0.5) is 0 Å². The van der Waals surface area contributed by atoms with Crippen molar-refractivity contribution in [3.63, 3.8) is 0 Å². The second kappa shape index (κ2) is 3.91. The van der Waals surface area contributed by atoms with Crippen LogP contribution in [-0.2, 0) is 4.74 Å². The van der Waals surface area contributed by atoms with Crippen molar-refractivity contribution in [2.45, 2.75) is 0 Å². The van der Waals surface area contributed by atoms with Crippen LogP contribution in [0.15, 0.2) is 36.4 Å². The number of carbonyl (C=O) groups excluding carboxylic acids is 1. The van der Waals surface area contributed by atoms with Gasteiger partial charge in [0.05, 0.1) is 17.7 Å². The smallest absolute Gasteiger partial charge is 0.339 e. The van der Waals surface area contributed by atoms with E-state index in [1.54, 1.807) is 12.1 Å². The number of methoxy groups -OCH3 is 1. The van der Waals surface area contributed by atoms with Crippen molar-refractivity contribution >= 4 is 28.3 Å². The van der Waals surface area contributed by atoms with Crippen molar-refractivity contribution in [1.29, 1.82) is 0 Å². The quantitative estimate of drug-likeness (QED) is 0.690. The van der Waals surface area contributed by atoms with Crippen molar-refractivity contribution in [3.8, 4) is 0 Å². The molecule has 0 heterocycles. The van der Waals surface area contributed by atoms with Crippen LogP contribution in [-0.4, -0.2) is 13.1 Å². The zero-order valence-electron chi connectivity index (χ0n) is 8.16. The predicted octanol–water partition coefficient (Wildman–Crippen LogP) is 3.28. The summed E-state index contributed by atoms with van der Waals surface area (Å²) in [5, 5.41) is 2.40. The Morgan fingerprint density at radius 3 is 2.40 bits per heavy atom. The van der Waals surface area contributed by atoms with Crippen LogP contribution in [0, 0.1) is 0 Å². The highest BCUT2D eigenvalue weighted by Crippen LogP contribution is 2.24. The number of hydrogen-bond acceptors (Lipinski definition) is 2. The van der Waals surface area contributed by atoms with E-state index in [9.17, 15) is 4.79 Å². The van der Waals surface area contributed by atoms with Crippen molar-refractivity contribution in [3.05, 3.63) is 47.0 Å². The Balaban J connectivity index is 2.67. The minimum atomic E-state index is -0.411. The molecular formula is C12H9ClO2. The van der Waals surface area contributed by atoms with E-state index < -0.39 is 5.97 Å². The van der Waals surface area contributed by atoms with E-state index in [0.29, 0.717) is 10.6 Å². The van der Waals surface area contributed by atoms with Crippen molar-refractivity contribution in [2.24, 2.45) is 0 Å². The van der Waals surface area contributed by atoms with Crippen LogP contribution in [0.1, 0.15) is 10.4 Å². The first-order valence-electron chi connectivity index (χ1n) is 4.49. The maximum Gasteiger partial charge on any atom is 0.339 e. The van der Waals surface area contributed by atoms with Crippen LogP contribution in [0.3, 0.4) is 0 Å². The first-order valence-corrected chi connectivity index (χ1v) is 4.87. The van der Waals surface area contributed by atoms with E-state index in [4.69, 9.17) is 11.6 Å². The van der Waals surface area contributed by atoms with E-state index in [2.05, 4.69) is 4.74 Å². The van der Waals surface area contributed by atoms with Gasteiger partial charge in [0.2, 0.25) is 0 Å². The molecule has 2 aromatic carbocycles. The van der Waals surface area contributed by atoms with Gasteiger partial charge in [0.15, 0.2) is 0 Å². The summed E-state index contributed by atoms with van der Waals surface area (Å²) in [6.07, 6.45) is 0. The van der Waals surface area contributed by atoms with Gasteiger partial charge in [-0.05, 0) is 22.9 Å². The van der Waals surface area contributed by atoms with Gasteiger partial charge in [-0.3, -0.25) is 0 Å². The number of hydrogen-bond donors (Lipinski definition) is 0. The summed E-state index contributed by atoms with van der Waals surface area (Å²) in [6.45, 7) is 0. The fourth-order valence-electron chi connectivity index (χ4n) is 1.48. The van der Waals surface area contributed by atoms with Crippen LogP contribution in [0.2, 0.25) is 5.02 Å². The summed E-state index contributed by atoms with van der Waals surface area (Å²) < 4.78 is 4.64. The summed E-state index contributed by atoms with van der Waals surface area (Å²) in [6, 6.07) is 11.2. The summed E-state index contributed by atoms with van der Waals surface area (Å²) in [5.74, 6) is -0.411. The molecular weight excluding hydrogens is 212 g/mol. The number of ether oxygens (including phenoxy) is 1. The average Bonchev–Trinajstić information content (AvgIpc) is 2.27. The number of benzene rings is 2. The lowest BCUT2D eigenvalue weighted by Gasteiger charge is -2.04.